The van der Waals surface area contributed by atoms with E-state index in [0.717, 1.165) is 5.56 Å². The Morgan fingerprint density at radius 3 is 2.52 bits per heavy atom. The van der Waals surface area contributed by atoms with Crippen LogP contribution in [-0.4, -0.2) is 26.8 Å². The quantitative estimate of drug-likeness (QED) is 0.702. The molecule has 128 valence electrons. The summed E-state index contributed by atoms with van der Waals surface area (Å²) in [7, 11) is -2.36. The fourth-order valence-corrected chi connectivity index (χ4v) is 3.30. The number of ether oxygens (including phenoxy) is 1. The Morgan fingerprint density at radius 2 is 1.80 bits per heavy atom. The number of nitrogens with zero attached hydrogens (tertiary/aromatic N) is 1. The first-order valence-electron chi connectivity index (χ1n) is 7.36. The van der Waals surface area contributed by atoms with Crippen LogP contribution >= 0.6 is 0 Å². The van der Waals surface area contributed by atoms with E-state index in [1.54, 1.807) is 48.7 Å². The standard InChI is InChI=1S/C18H16N2O4S/c1-24-17-10-12(8-9-16(17)21)11-20-15-6-2-5-14-13(15)4-3-7-18(14)25(19,22)23/h2-11,21H,1H3,(H2,19,22,23). The summed E-state index contributed by atoms with van der Waals surface area (Å²) in [4.78, 5) is 4.50. The molecule has 0 heterocycles. The summed E-state index contributed by atoms with van der Waals surface area (Å²) in [5.74, 6) is 0.390. The van der Waals surface area contributed by atoms with E-state index in [0.29, 0.717) is 22.2 Å². The van der Waals surface area contributed by atoms with Crippen molar-refractivity contribution in [1.82, 2.24) is 0 Å². The number of phenolic OH excluding ortho intramolecular Hbond substituents is 1. The van der Waals surface area contributed by atoms with Crippen LogP contribution in [0.3, 0.4) is 0 Å². The molecule has 3 aromatic rings. The smallest absolute Gasteiger partial charge is 0.238 e. The molecule has 3 rings (SSSR count). The zero-order valence-electron chi connectivity index (χ0n) is 13.4. The third-order valence-electron chi connectivity index (χ3n) is 3.72. The van der Waals surface area contributed by atoms with Crippen molar-refractivity contribution < 1.29 is 18.3 Å². The van der Waals surface area contributed by atoms with Gasteiger partial charge in [-0.2, -0.15) is 0 Å². The van der Waals surface area contributed by atoms with Gasteiger partial charge in [0.05, 0.1) is 17.7 Å². The van der Waals surface area contributed by atoms with Crippen molar-refractivity contribution in [2.75, 3.05) is 7.11 Å². The lowest BCUT2D eigenvalue weighted by Gasteiger charge is -2.07. The number of rotatable bonds is 4. The Bertz CT molecular complexity index is 1080. The van der Waals surface area contributed by atoms with Crippen LogP contribution < -0.4 is 9.88 Å². The highest BCUT2D eigenvalue weighted by Crippen LogP contribution is 2.30. The molecule has 0 bridgehead atoms. The van der Waals surface area contributed by atoms with Gasteiger partial charge in [0.1, 0.15) is 0 Å². The molecule has 0 radical (unpaired) electrons. The molecule has 6 nitrogen and oxygen atoms in total. The van der Waals surface area contributed by atoms with Crippen molar-refractivity contribution in [1.29, 1.82) is 0 Å². The second-order valence-corrected chi connectivity index (χ2v) is 6.89. The Morgan fingerprint density at radius 1 is 1.08 bits per heavy atom. The Labute approximate surface area is 145 Å². The van der Waals surface area contributed by atoms with Gasteiger partial charge in [0, 0.05) is 17.0 Å². The van der Waals surface area contributed by atoms with Crippen LogP contribution in [0.25, 0.3) is 10.8 Å². The van der Waals surface area contributed by atoms with Gasteiger partial charge in [-0.25, -0.2) is 13.6 Å². The van der Waals surface area contributed by atoms with Gasteiger partial charge in [-0.15, -0.1) is 0 Å². The first-order valence-corrected chi connectivity index (χ1v) is 8.90. The summed E-state index contributed by atoms with van der Waals surface area (Å²) in [5.41, 5.74) is 1.34. The molecule has 3 aromatic carbocycles. The molecule has 0 unspecified atom stereocenters. The number of hydrogen-bond donors (Lipinski definition) is 2. The van der Waals surface area contributed by atoms with E-state index in [-0.39, 0.29) is 10.6 Å². The Hall–Kier alpha value is -2.90. The SMILES string of the molecule is COc1cc(C=Nc2cccc3c(S(N)(=O)=O)cccc23)ccc1O. The van der Waals surface area contributed by atoms with Gasteiger partial charge < -0.3 is 9.84 Å². The van der Waals surface area contributed by atoms with E-state index in [4.69, 9.17) is 9.88 Å². The topological polar surface area (TPSA) is 102 Å². The summed E-state index contributed by atoms with van der Waals surface area (Å²) >= 11 is 0. The minimum atomic E-state index is -3.82. The highest BCUT2D eigenvalue weighted by Gasteiger charge is 2.13. The molecule has 0 saturated heterocycles. The molecule has 0 amide bonds. The zero-order chi connectivity index (χ0) is 18.0. The minimum Gasteiger partial charge on any atom is -0.504 e. The van der Waals surface area contributed by atoms with Gasteiger partial charge in [0.15, 0.2) is 11.5 Å². The number of aliphatic imine (C=N–C) groups is 1. The number of phenols is 1. The molecule has 7 heteroatoms. The fourth-order valence-electron chi connectivity index (χ4n) is 2.54. The maximum atomic E-state index is 11.7. The average Bonchev–Trinajstić information content (AvgIpc) is 2.59. The van der Waals surface area contributed by atoms with Crippen LogP contribution in [0.5, 0.6) is 11.5 Å². The van der Waals surface area contributed by atoms with Gasteiger partial charge >= 0.3 is 0 Å². The summed E-state index contributed by atoms with van der Waals surface area (Å²) in [5, 5.41) is 16.1. The second kappa shape index (κ2) is 6.54. The number of primary sulfonamides is 1. The summed E-state index contributed by atoms with van der Waals surface area (Å²) in [6.45, 7) is 0. The molecule has 0 aliphatic rings. The Balaban J connectivity index is 2.08. The molecule has 0 aromatic heterocycles. The second-order valence-electron chi connectivity index (χ2n) is 5.36. The van der Waals surface area contributed by atoms with E-state index < -0.39 is 10.0 Å². The van der Waals surface area contributed by atoms with Crippen LogP contribution in [0.15, 0.2) is 64.5 Å². The van der Waals surface area contributed by atoms with Gasteiger partial charge in [-0.1, -0.05) is 24.3 Å². The largest absolute Gasteiger partial charge is 0.504 e. The molecule has 0 aliphatic heterocycles. The number of hydrogen-bond acceptors (Lipinski definition) is 5. The van der Waals surface area contributed by atoms with E-state index in [1.165, 1.54) is 19.2 Å². The number of sulfonamides is 1. The molecule has 0 aliphatic carbocycles. The van der Waals surface area contributed by atoms with E-state index in [1.807, 2.05) is 0 Å². The molecular weight excluding hydrogens is 340 g/mol. The van der Waals surface area contributed by atoms with Crippen molar-refractivity contribution in [2.24, 2.45) is 10.1 Å². The summed E-state index contributed by atoms with van der Waals surface area (Å²) in [6.07, 6.45) is 1.61. The monoisotopic (exact) mass is 356 g/mol. The maximum absolute atomic E-state index is 11.7. The highest BCUT2D eigenvalue weighted by atomic mass is 32.2. The van der Waals surface area contributed by atoms with Crippen LogP contribution in [0.1, 0.15) is 5.56 Å². The summed E-state index contributed by atoms with van der Waals surface area (Å²) in [6, 6.07) is 14.9. The van der Waals surface area contributed by atoms with Crippen LogP contribution in [-0.2, 0) is 10.0 Å². The van der Waals surface area contributed by atoms with E-state index in [2.05, 4.69) is 4.99 Å². The van der Waals surface area contributed by atoms with E-state index in [9.17, 15) is 13.5 Å². The van der Waals surface area contributed by atoms with Gasteiger partial charge in [0.2, 0.25) is 10.0 Å². The molecule has 3 N–H and O–H groups in total. The molecule has 0 spiro atoms. The van der Waals surface area contributed by atoms with Gasteiger partial charge in [0.25, 0.3) is 0 Å². The van der Waals surface area contributed by atoms with Crippen LogP contribution in [0, 0.1) is 0 Å². The number of benzene rings is 3. The van der Waals surface area contributed by atoms with Crippen molar-refractivity contribution in [3.8, 4) is 11.5 Å². The van der Waals surface area contributed by atoms with Crippen molar-refractivity contribution in [3.63, 3.8) is 0 Å². The minimum absolute atomic E-state index is 0.0441. The fraction of sp³-hybridized carbons (Fsp3) is 0.0556. The third kappa shape index (κ3) is 3.47. The first kappa shape index (κ1) is 16.9. The number of nitrogens with two attached hydrogens (primary N) is 1. The number of aromatic hydroxyl groups is 1. The third-order valence-corrected chi connectivity index (χ3v) is 4.69. The lowest BCUT2D eigenvalue weighted by atomic mass is 10.1. The van der Waals surface area contributed by atoms with Crippen molar-refractivity contribution >= 4 is 32.7 Å². The lowest BCUT2D eigenvalue weighted by Crippen LogP contribution is -2.12. The molecular formula is C18H16N2O4S. The molecule has 0 fully saturated rings. The molecule has 0 saturated carbocycles. The van der Waals surface area contributed by atoms with Crippen LogP contribution in [0.2, 0.25) is 0 Å². The molecule has 25 heavy (non-hydrogen) atoms. The van der Waals surface area contributed by atoms with Crippen molar-refractivity contribution in [3.05, 3.63) is 60.2 Å². The normalized spacial score (nSPS) is 11.9. The van der Waals surface area contributed by atoms with Crippen LogP contribution in [0.4, 0.5) is 5.69 Å². The maximum Gasteiger partial charge on any atom is 0.238 e. The molecule has 0 atom stereocenters. The van der Waals surface area contributed by atoms with Crippen molar-refractivity contribution in [2.45, 2.75) is 4.90 Å². The highest BCUT2D eigenvalue weighted by molar-refractivity contribution is 7.89. The zero-order valence-corrected chi connectivity index (χ0v) is 14.2. The predicted molar refractivity (Wildman–Crippen MR) is 97.2 cm³/mol. The Kier molecular flexibility index (Phi) is 4.43. The lowest BCUT2D eigenvalue weighted by molar-refractivity contribution is 0.373. The van der Waals surface area contributed by atoms with Gasteiger partial charge in [-0.3, -0.25) is 4.99 Å². The number of fused-ring (bicyclic) bond motifs is 1. The summed E-state index contributed by atoms with van der Waals surface area (Å²) < 4.78 is 28.6. The predicted octanol–water partition coefficient (Wildman–Crippen LogP) is 2.95. The average molecular weight is 356 g/mol. The van der Waals surface area contributed by atoms with Gasteiger partial charge in [-0.05, 0) is 35.9 Å². The number of methoxy groups -OCH3 is 1. The first-order chi connectivity index (χ1) is 11.9. The van der Waals surface area contributed by atoms with E-state index >= 15 is 0 Å².